The van der Waals surface area contributed by atoms with Crippen LogP contribution < -0.4 is 15.4 Å². The van der Waals surface area contributed by atoms with Crippen molar-refractivity contribution in [2.45, 2.75) is 48.0 Å². The van der Waals surface area contributed by atoms with Crippen LogP contribution in [0.4, 0.5) is 0 Å². The van der Waals surface area contributed by atoms with Crippen LogP contribution in [-0.2, 0) is 14.8 Å². The molecular formula is C13H20ClN3O3S2. The van der Waals surface area contributed by atoms with Crippen molar-refractivity contribution in [3.63, 3.8) is 0 Å². The third-order valence-electron chi connectivity index (χ3n) is 4.02. The van der Waals surface area contributed by atoms with Crippen LogP contribution in [0.3, 0.4) is 0 Å². The number of hydrogen-bond acceptors (Lipinski definition) is 5. The van der Waals surface area contributed by atoms with Crippen molar-refractivity contribution in [3.05, 3.63) is 17.5 Å². The van der Waals surface area contributed by atoms with Gasteiger partial charge in [0, 0.05) is 18.1 Å². The Labute approximate surface area is 140 Å². The molecular weight excluding hydrogens is 346 g/mol. The second-order valence-electron chi connectivity index (χ2n) is 5.63. The van der Waals surface area contributed by atoms with Gasteiger partial charge in [-0.05, 0) is 37.1 Å². The zero-order valence-electron chi connectivity index (χ0n) is 11.9. The van der Waals surface area contributed by atoms with E-state index in [0.717, 1.165) is 24.2 Å². The Morgan fingerprint density at radius 1 is 1.32 bits per heavy atom. The minimum Gasteiger partial charge on any atom is -0.352 e. The highest BCUT2D eigenvalue weighted by atomic mass is 35.5. The van der Waals surface area contributed by atoms with Crippen molar-refractivity contribution in [2.75, 3.05) is 6.54 Å². The number of hydrogen-bond donors (Lipinski definition) is 3. The first-order valence-corrected chi connectivity index (χ1v) is 9.48. The monoisotopic (exact) mass is 365 g/mol. The van der Waals surface area contributed by atoms with Crippen LogP contribution in [-0.4, -0.2) is 39.0 Å². The van der Waals surface area contributed by atoms with E-state index >= 15 is 0 Å². The van der Waals surface area contributed by atoms with Crippen LogP contribution >= 0.6 is 23.7 Å². The summed E-state index contributed by atoms with van der Waals surface area (Å²) in [5.74, 6) is -0.263. The van der Waals surface area contributed by atoms with Gasteiger partial charge >= 0.3 is 0 Å². The zero-order valence-corrected chi connectivity index (χ0v) is 14.4. The molecule has 124 valence electrons. The van der Waals surface area contributed by atoms with Crippen molar-refractivity contribution in [1.82, 2.24) is 15.4 Å². The number of nitrogens with one attached hydrogen (secondary N) is 3. The lowest BCUT2D eigenvalue weighted by Crippen LogP contribution is -2.50. The second kappa shape index (κ2) is 7.27. The summed E-state index contributed by atoms with van der Waals surface area (Å²) >= 11 is 1.14. The molecule has 9 heteroatoms. The minimum absolute atomic E-state index is 0. The first-order chi connectivity index (χ1) is 10.0. The van der Waals surface area contributed by atoms with Crippen molar-refractivity contribution < 1.29 is 13.2 Å². The number of halogens is 1. The molecule has 2 bridgehead atoms. The van der Waals surface area contributed by atoms with Gasteiger partial charge in [0.05, 0.1) is 6.54 Å². The molecule has 22 heavy (non-hydrogen) atoms. The van der Waals surface area contributed by atoms with E-state index in [9.17, 15) is 13.2 Å². The van der Waals surface area contributed by atoms with E-state index in [2.05, 4.69) is 15.4 Å². The van der Waals surface area contributed by atoms with Gasteiger partial charge in [0.25, 0.3) is 10.0 Å². The molecule has 1 aromatic rings. The average molecular weight is 366 g/mol. The smallest absolute Gasteiger partial charge is 0.250 e. The largest absolute Gasteiger partial charge is 0.352 e. The number of piperidine rings is 1. The lowest BCUT2D eigenvalue weighted by molar-refractivity contribution is -0.120. The SMILES string of the molecule is Cl.O=C(CNS(=O)(=O)c1cccs1)NC1CC2CCC(C1)N2. The number of carbonyl (C=O) groups is 1. The van der Waals surface area contributed by atoms with Crippen molar-refractivity contribution in [1.29, 1.82) is 0 Å². The molecule has 2 saturated heterocycles. The van der Waals surface area contributed by atoms with Gasteiger partial charge in [-0.1, -0.05) is 6.07 Å². The number of fused-ring (bicyclic) bond motifs is 2. The third kappa shape index (κ3) is 4.20. The molecule has 2 aliphatic rings. The van der Waals surface area contributed by atoms with Crippen LogP contribution in [0.5, 0.6) is 0 Å². The summed E-state index contributed by atoms with van der Waals surface area (Å²) in [6, 6.07) is 4.34. The lowest BCUT2D eigenvalue weighted by atomic mass is 10.00. The highest BCUT2D eigenvalue weighted by Gasteiger charge is 2.34. The summed E-state index contributed by atoms with van der Waals surface area (Å²) in [4.78, 5) is 11.9. The Hall–Kier alpha value is -0.670. The molecule has 6 nitrogen and oxygen atoms in total. The average Bonchev–Trinajstić information content (AvgIpc) is 3.07. The normalized spacial score (nSPS) is 27.2. The molecule has 0 spiro atoms. The molecule has 3 N–H and O–H groups in total. The Morgan fingerprint density at radius 3 is 2.59 bits per heavy atom. The fraction of sp³-hybridized carbons (Fsp3) is 0.615. The second-order valence-corrected chi connectivity index (χ2v) is 8.57. The van der Waals surface area contributed by atoms with Crippen LogP contribution in [0.25, 0.3) is 0 Å². The van der Waals surface area contributed by atoms with Crippen LogP contribution in [0.15, 0.2) is 21.7 Å². The Morgan fingerprint density at radius 2 is 2.00 bits per heavy atom. The first-order valence-electron chi connectivity index (χ1n) is 7.11. The number of sulfonamides is 1. The third-order valence-corrected chi connectivity index (χ3v) is 6.82. The number of thiophene rings is 1. The van der Waals surface area contributed by atoms with E-state index < -0.39 is 10.0 Å². The molecule has 2 atom stereocenters. The maximum absolute atomic E-state index is 11.9. The molecule has 3 rings (SSSR count). The van der Waals surface area contributed by atoms with Crippen LogP contribution in [0.1, 0.15) is 25.7 Å². The van der Waals surface area contributed by atoms with Crippen molar-refractivity contribution in [2.24, 2.45) is 0 Å². The number of amides is 1. The van der Waals surface area contributed by atoms with Gasteiger partial charge in [0.15, 0.2) is 0 Å². The van der Waals surface area contributed by atoms with Crippen LogP contribution in [0.2, 0.25) is 0 Å². The highest BCUT2D eigenvalue weighted by molar-refractivity contribution is 7.91. The predicted octanol–water partition coefficient (Wildman–Crippen LogP) is 0.847. The summed E-state index contributed by atoms with van der Waals surface area (Å²) in [7, 11) is -3.57. The Kier molecular flexibility index (Phi) is 5.84. The lowest BCUT2D eigenvalue weighted by Gasteiger charge is -2.29. The van der Waals surface area contributed by atoms with E-state index in [-0.39, 0.29) is 35.1 Å². The summed E-state index contributed by atoms with van der Waals surface area (Å²) in [5.41, 5.74) is 0. The molecule has 0 aliphatic carbocycles. The summed E-state index contributed by atoms with van der Waals surface area (Å²) in [6.45, 7) is -0.209. The fourth-order valence-electron chi connectivity index (χ4n) is 3.10. The van der Waals surface area contributed by atoms with Crippen LogP contribution in [0, 0.1) is 0 Å². The minimum atomic E-state index is -3.57. The molecule has 3 heterocycles. The standard InChI is InChI=1S/C13H19N3O3S2.ClH/c17-12(8-14-21(18,19)13-2-1-5-20-13)16-11-6-9-3-4-10(7-11)15-9;/h1-2,5,9-11,14-15H,3-4,6-8H2,(H,16,17);1H. The van der Waals surface area contributed by atoms with Crippen molar-refractivity contribution in [3.8, 4) is 0 Å². The summed E-state index contributed by atoms with van der Waals surface area (Å²) < 4.78 is 26.4. The summed E-state index contributed by atoms with van der Waals surface area (Å²) in [6.07, 6.45) is 4.20. The first kappa shape index (κ1) is 17.7. The number of carbonyl (C=O) groups excluding carboxylic acids is 1. The zero-order chi connectivity index (χ0) is 14.9. The van der Waals surface area contributed by atoms with E-state index in [1.165, 1.54) is 18.9 Å². The number of rotatable bonds is 5. The predicted molar refractivity (Wildman–Crippen MR) is 87.9 cm³/mol. The fourth-order valence-corrected chi connectivity index (χ4v) is 5.12. The van der Waals surface area contributed by atoms with Gasteiger partial charge in [-0.15, -0.1) is 23.7 Å². The molecule has 0 aromatic carbocycles. The molecule has 2 aliphatic heterocycles. The topological polar surface area (TPSA) is 87.3 Å². The Balaban J connectivity index is 0.00000176. The maximum Gasteiger partial charge on any atom is 0.250 e. The molecule has 1 aromatic heterocycles. The van der Waals surface area contributed by atoms with E-state index in [0.29, 0.717) is 12.1 Å². The molecule has 2 fully saturated rings. The molecule has 1 amide bonds. The molecule has 2 unspecified atom stereocenters. The highest BCUT2D eigenvalue weighted by Crippen LogP contribution is 2.26. The van der Waals surface area contributed by atoms with Gasteiger partial charge < -0.3 is 10.6 Å². The van der Waals surface area contributed by atoms with E-state index in [1.807, 2.05) is 0 Å². The van der Waals surface area contributed by atoms with Gasteiger partial charge in [-0.2, -0.15) is 0 Å². The molecule has 0 radical (unpaired) electrons. The van der Waals surface area contributed by atoms with Gasteiger partial charge in [-0.3, -0.25) is 4.79 Å². The Bertz CT molecular complexity index is 594. The quantitative estimate of drug-likeness (QED) is 0.721. The van der Waals surface area contributed by atoms with E-state index in [1.54, 1.807) is 11.4 Å². The van der Waals surface area contributed by atoms with Gasteiger partial charge in [-0.25, -0.2) is 13.1 Å². The van der Waals surface area contributed by atoms with Gasteiger partial charge in [0.1, 0.15) is 4.21 Å². The maximum atomic E-state index is 11.9. The van der Waals surface area contributed by atoms with E-state index in [4.69, 9.17) is 0 Å². The van der Waals surface area contributed by atoms with Crippen molar-refractivity contribution >= 4 is 39.7 Å². The summed E-state index contributed by atoms with van der Waals surface area (Å²) in [5, 5.41) is 8.14. The van der Waals surface area contributed by atoms with Gasteiger partial charge in [0.2, 0.25) is 5.91 Å². The molecule has 0 saturated carbocycles.